The van der Waals surface area contributed by atoms with Gasteiger partial charge in [-0.1, -0.05) is 6.42 Å². The van der Waals surface area contributed by atoms with Gasteiger partial charge in [0.15, 0.2) is 0 Å². The van der Waals surface area contributed by atoms with Crippen LogP contribution >= 0.6 is 0 Å². The maximum absolute atomic E-state index is 11.7. The smallest absolute Gasteiger partial charge is 0.238 e. The number of carbonyl (C=O) groups is 1. The fourth-order valence-electron chi connectivity index (χ4n) is 1.83. The van der Waals surface area contributed by atoms with Gasteiger partial charge in [0, 0.05) is 13.6 Å². The Bertz CT molecular complexity index is 326. The van der Waals surface area contributed by atoms with Gasteiger partial charge < -0.3 is 5.32 Å². The average molecular weight is 234 g/mol. The lowest BCUT2D eigenvalue weighted by Gasteiger charge is -2.32. The molecule has 1 amide bonds. The molecule has 0 aromatic heterocycles. The van der Waals surface area contributed by atoms with Crippen LogP contribution in [0, 0.1) is 0 Å². The van der Waals surface area contributed by atoms with Crippen LogP contribution in [0.15, 0.2) is 0 Å². The monoisotopic (exact) mass is 234 g/mol. The van der Waals surface area contributed by atoms with Gasteiger partial charge in [-0.15, -0.1) is 0 Å². The number of nitrogens with zero attached hydrogens (tertiary/aromatic N) is 1. The van der Waals surface area contributed by atoms with E-state index in [-0.39, 0.29) is 11.7 Å². The Morgan fingerprint density at radius 2 is 2.13 bits per heavy atom. The van der Waals surface area contributed by atoms with E-state index >= 15 is 0 Å². The minimum Gasteiger partial charge on any atom is -0.358 e. The minimum absolute atomic E-state index is 0.0560. The van der Waals surface area contributed by atoms with Crippen LogP contribution in [-0.2, 0) is 14.8 Å². The molecular weight excluding hydrogens is 216 g/mol. The first-order valence-corrected chi connectivity index (χ1v) is 6.85. The fourth-order valence-corrected chi connectivity index (χ4v) is 3.16. The van der Waals surface area contributed by atoms with Crippen LogP contribution in [-0.4, -0.2) is 44.0 Å². The zero-order chi connectivity index (χ0) is 11.5. The first-order chi connectivity index (χ1) is 7.03. The first kappa shape index (κ1) is 12.4. The number of piperidine rings is 1. The van der Waals surface area contributed by atoms with Gasteiger partial charge in [-0.2, -0.15) is 4.31 Å². The van der Waals surface area contributed by atoms with Crippen molar-refractivity contribution in [2.45, 2.75) is 32.2 Å². The van der Waals surface area contributed by atoms with Crippen molar-refractivity contribution in [1.29, 1.82) is 0 Å². The molecule has 1 rings (SSSR count). The molecule has 0 saturated carbocycles. The summed E-state index contributed by atoms with van der Waals surface area (Å²) in [6.45, 7) is 2.07. The van der Waals surface area contributed by atoms with Gasteiger partial charge in [-0.3, -0.25) is 4.79 Å². The third kappa shape index (κ3) is 2.69. The first-order valence-electron chi connectivity index (χ1n) is 5.24. The van der Waals surface area contributed by atoms with Gasteiger partial charge in [-0.05, 0) is 19.8 Å². The molecule has 1 saturated heterocycles. The van der Waals surface area contributed by atoms with Crippen LogP contribution in [0.5, 0.6) is 0 Å². The van der Waals surface area contributed by atoms with Gasteiger partial charge in [0.1, 0.15) is 6.04 Å². The summed E-state index contributed by atoms with van der Waals surface area (Å²) in [5, 5.41) is 2.52. The van der Waals surface area contributed by atoms with Crippen molar-refractivity contribution in [3.8, 4) is 0 Å². The number of hydrogen-bond acceptors (Lipinski definition) is 3. The van der Waals surface area contributed by atoms with Gasteiger partial charge in [-0.25, -0.2) is 8.42 Å². The number of nitrogens with one attached hydrogen (secondary N) is 1. The molecular formula is C9H18N2O3S. The summed E-state index contributed by atoms with van der Waals surface area (Å²) in [6.07, 6.45) is 2.37. The van der Waals surface area contributed by atoms with Gasteiger partial charge >= 0.3 is 0 Å². The maximum Gasteiger partial charge on any atom is 0.238 e. The van der Waals surface area contributed by atoms with Crippen molar-refractivity contribution in [2.24, 2.45) is 0 Å². The highest BCUT2D eigenvalue weighted by molar-refractivity contribution is 7.89. The van der Waals surface area contributed by atoms with Crippen LogP contribution in [0.4, 0.5) is 0 Å². The molecule has 1 atom stereocenters. The number of sulfonamides is 1. The van der Waals surface area contributed by atoms with Gasteiger partial charge in [0.2, 0.25) is 15.9 Å². The molecule has 1 fully saturated rings. The Kier molecular flexibility index (Phi) is 4.10. The Balaban J connectivity index is 2.88. The maximum atomic E-state index is 11.7. The Hall–Kier alpha value is -0.620. The molecule has 6 heteroatoms. The van der Waals surface area contributed by atoms with E-state index in [1.807, 2.05) is 0 Å². The summed E-state index contributed by atoms with van der Waals surface area (Å²) in [6, 6.07) is -0.506. The van der Waals surface area contributed by atoms with Crippen LogP contribution in [0.1, 0.15) is 26.2 Å². The number of likely N-dealkylation sites (N-methyl/N-ethyl adjacent to an activating group) is 1. The van der Waals surface area contributed by atoms with Crippen molar-refractivity contribution in [1.82, 2.24) is 9.62 Å². The molecule has 1 aliphatic heterocycles. The van der Waals surface area contributed by atoms with E-state index in [9.17, 15) is 13.2 Å². The molecule has 88 valence electrons. The predicted molar refractivity (Wildman–Crippen MR) is 57.9 cm³/mol. The Morgan fingerprint density at radius 1 is 1.47 bits per heavy atom. The second-order valence-electron chi connectivity index (χ2n) is 3.64. The molecule has 1 heterocycles. The highest BCUT2D eigenvalue weighted by Crippen LogP contribution is 2.20. The fraction of sp³-hybridized carbons (Fsp3) is 0.889. The lowest BCUT2D eigenvalue weighted by Crippen LogP contribution is -2.51. The second-order valence-corrected chi connectivity index (χ2v) is 5.85. The topological polar surface area (TPSA) is 66.5 Å². The predicted octanol–water partition coefficient (Wildman–Crippen LogP) is -0.0634. The summed E-state index contributed by atoms with van der Waals surface area (Å²) >= 11 is 0. The molecule has 1 aliphatic rings. The third-order valence-electron chi connectivity index (χ3n) is 2.72. The number of hydrogen-bond donors (Lipinski definition) is 1. The van der Waals surface area contributed by atoms with E-state index in [1.165, 1.54) is 11.4 Å². The summed E-state index contributed by atoms with van der Waals surface area (Å²) in [4.78, 5) is 11.5. The molecule has 5 nitrogen and oxygen atoms in total. The number of amides is 1. The third-order valence-corrected chi connectivity index (χ3v) is 4.61. The molecule has 1 unspecified atom stereocenters. The second kappa shape index (κ2) is 4.94. The Morgan fingerprint density at radius 3 is 2.67 bits per heavy atom. The standard InChI is InChI=1S/C9H18N2O3S/c1-3-15(13,14)11-7-5-4-6-8(11)9(12)10-2/h8H,3-7H2,1-2H3,(H,10,12). The lowest BCUT2D eigenvalue weighted by atomic mass is 10.0. The van der Waals surface area contributed by atoms with E-state index in [2.05, 4.69) is 5.32 Å². The van der Waals surface area contributed by atoms with Crippen LogP contribution in [0.25, 0.3) is 0 Å². The summed E-state index contributed by atoms with van der Waals surface area (Å²) in [5.74, 6) is -0.146. The van der Waals surface area contributed by atoms with E-state index < -0.39 is 16.1 Å². The van der Waals surface area contributed by atoms with Crippen molar-refractivity contribution in [3.05, 3.63) is 0 Å². The van der Waals surface area contributed by atoms with Gasteiger partial charge in [0.05, 0.1) is 5.75 Å². The minimum atomic E-state index is -3.25. The van der Waals surface area contributed by atoms with E-state index in [0.717, 1.165) is 12.8 Å². The van der Waals surface area contributed by atoms with Crippen molar-refractivity contribution in [2.75, 3.05) is 19.3 Å². The zero-order valence-electron chi connectivity index (χ0n) is 9.19. The molecule has 0 aromatic carbocycles. The molecule has 0 spiro atoms. The quantitative estimate of drug-likeness (QED) is 0.743. The van der Waals surface area contributed by atoms with Crippen LogP contribution < -0.4 is 5.32 Å². The SMILES string of the molecule is CCS(=O)(=O)N1CCCCC1C(=O)NC. The summed E-state index contributed by atoms with van der Waals surface area (Å²) in [7, 11) is -1.72. The number of carbonyl (C=O) groups excluding carboxylic acids is 1. The summed E-state index contributed by atoms with van der Waals surface area (Å²) in [5.41, 5.74) is 0. The summed E-state index contributed by atoms with van der Waals surface area (Å²) < 4.78 is 24.8. The highest BCUT2D eigenvalue weighted by atomic mass is 32.2. The molecule has 0 radical (unpaired) electrons. The van der Waals surface area contributed by atoms with E-state index in [0.29, 0.717) is 13.0 Å². The molecule has 0 aliphatic carbocycles. The largest absolute Gasteiger partial charge is 0.358 e. The normalized spacial score (nSPS) is 23.7. The van der Waals surface area contributed by atoms with Crippen LogP contribution in [0.3, 0.4) is 0 Å². The Labute approximate surface area is 90.9 Å². The molecule has 0 aromatic rings. The molecule has 1 N–H and O–H groups in total. The molecule has 15 heavy (non-hydrogen) atoms. The van der Waals surface area contributed by atoms with Crippen molar-refractivity contribution >= 4 is 15.9 Å². The molecule has 0 bridgehead atoms. The lowest BCUT2D eigenvalue weighted by molar-refractivity contribution is -0.125. The van der Waals surface area contributed by atoms with Crippen molar-refractivity contribution in [3.63, 3.8) is 0 Å². The average Bonchev–Trinajstić information content (AvgIpc) is 2.28. The van der Waals surface area contributed by atoms with Crippen LogP contribution in [0.2, 0.25) is 0 Å². The van der Waals surface area contributed by atoms with E-state index in [4.69, 9.17) is 0 Å². The number of rotatable bonds is 3. The highest BCUT2D eigenvalue weighted by Gasteiger charge is 2.34. The van der Waals surface area contributed by atoms with E-state index in [1.54, 1.807) is 6.92 Å². The zero-order valence-corrected chi connectivity index (χ0v) is 10.0. The van der Waals surface area contributed by atoms with Gasteiger partial charge in [0.25, 0.3) is 0 Å². The van der Waals surface area contributed by atoms with Crippen molar-refractivity contribution < 1.29 is 13.2 Å².